The maximum atomic E-state index is 5.50. The molecule has 1 aliphatic rings. The average Bonchev–Trinajstić information content (AvgIpc) is 2.14. The van der Waals surface area contributed by atoms with Crippen LogP contribution in [0.4, 0.5) is 0 Å². The van der Waals surface area contributed by atoms with Crippen molar-refractivity contribution in [2.75, 3.05) is 6.54 Å². The van der Waals surface area contributed by atoms with Gasteiger partial charge in [-0.25, -0.2) is 0 Å². The fraction of sp³-hybridized carbons (Fsp3) is 0.800. The normalized spacial score (nSPS) is 27.2. The summed E-state index contributed by atoms with van der Waals surface area (Å²) in [4.78, 5) is 0. The molecule has 44 valence electrons. The Morgan fingerprint density at radius 1 is 2.00 bits per heavy atom. The number of rotatable bonds is 1. The van der Waals surface area contributed by atoms with E-state index in [-0.39, 0.29) is 0 Å². The quantitative estimate of drug-likeness (QED) is 0.674. The van der Waals surface area contributed by atoms with E-state index < -0.39 is 21.7 Å². The first-order chi connectivity index (χ1) is 3.84. The van der Waals surface area contributed by atoms with Crippen molar-refractivity contribution in [3.05, 3.63) is 0 Å². The molecule has 0 amide bonds. The van der Waals surface area contributed by atoms with Crippen LogP contribution in [0.2, 0.25) is 8.35 Å². The van der Waals surface area contributed by atoms with E-state index in [4.69, 9.17) is 5.73 Å². The molecule has 1 unspecified atom stereocenters. The van der Waals surface area contributed by atoms with Gasteiger partial charge in [0, 0.05) is 0 Å². The minimum absolute atomic E-state index is 0.830. The molecule has 0 saturated heterocycles. The molecule has 1 heterocycles. The molecule has 1 atom stereocenters. The van der Waals surface area contributed by atoms with Gasteiger partial charge in [-0.3, -0.25) is 0 Å². The van der Waals surface area contributed by atoms with Gasteiger partial charge in [0.2, 0.25) is 0 Å². The Kier molecular flexibility index (Phi) is 2.38. The molecule has 0 aromatic carbocycles. The van der Waals surface area contributed by atoms with Crippen molar-refractivity contribution < 1.29 is 0 Å². The van der Waals surface area contributed by atoms with E-state index in [1.165, 1.54) is 6.42 Å². The van der Waals surface area contributed by atoms with Crippen LogP contribution in [0.15, 0.2) is 2.98 Å². The Labute approximate surface area is 58.1 Å². The molecule has 0 radical (unpaired) electrons. The van der Waals surface area contributed by atoms with Crippen LogP contribution in [-0.2, 0) is 0 Å². The molecule has 0 fully saturated rings. The zero-order chi connectivity index (χ0) is 5.98. The van der Waals surface area contributed by atoms with Crippen LogP contribution < -0.4 is 5.73 Å². The van der Waals surface area contributed by atoms with Crippen LogP contribution in [0, 0.1) is 0 Å². The summed E-state index contributed by atoms with van der Waals surface area (Å²) in [5.74, 6) is 0. The molecule has 0 saturated carbocycles. The third-order valence-corrected chi connectivity index (χ3v) is 9.13. The fourth-order valence-electron chi connectivity index (χ4n) is 0.974. The molecule has 0 aliphatic carbocycles. The van der Waals surface area contributed by atoms with E-state index in [9.17, 15) is 0 Å². The van der Waals surface area contributed by atoms with Crippen molar-refractivity contribution in [3.63, 3.8) is 0 Å². The first kappa shape index (κ1) is 6.62. The molecule has 0 spiro atoms. The Bertz CT molecular complexity index is 103. The Hall–Kier alpha value is 0.500. The van der Waals surface area contributed by atoms with Gasteiger partial charge < -0.3 is 0 Å². The van der Waals surface area contributed by atoms with Gasteiger partial charge in [-0.1, -0.05) is 0 Å². The Morgan fingerprint density at radius 2 is 2.75 bits per heavy atom. The first-order valence-corrected chi connectivity index (χ1v) is 9.73. The van der Waals surface area contributed by atoms with Crippen molar-refractivity contribution in [3.8, 4) is 0 Å². The zero-order valence-corrected chi connectivity index (χ0v) is 8.47. The summed E-state index contributed by atoms with van der Waals surface area (Å²) >= 11 is -1.33. The summed E-state index contributed by atoms with van der Waals surface area (Å²) in [7, 11) is 0. The summed E-state index contributed by atoms with van der Waals surface area (Å²) in [5, 5.41) is 0. The third kappa shape index (κ3) is 1.26. The average molecular weight is 214 g/mol. The van der Waals surface area contributed by atoms with Crippen LogP contribution in [0.5, 0.6) is 0 Å². The minimum atomic E-state index is -1.33. The van der Waals surface area contributed by atoms with Crippen molar-refractivity contribution >= 4 is 27.9 Å². The van der Waals surface area contributed by atoms with Gasteiger partial charge in [0.1, 0.15) is 0 Å². The van der Waals surface area contributed by atoms with Crippen LogP contribution >= 0.6 is 0 Å². The van der Waals surface area contributed by atoms with Gasteiger partial charge in [-0.2, -0.15) is 0 Å². The predicted octanol–water partition coefficient (Wildman–Crippen LogP) is 0.411. The monoisotopic (exact) mass is 214 g/mol. The van der Waals surface area contributed by atoms with E-state index in [2.05, 4.69) is 13.9 Å². The first-order valence-electron chi connectivity index (χ1n) is 3.06. The zero-order valence-electron chi connectivity index (χ0n) is 5.17. The van der Waals surface area contributed by atoms with Gasteiger partial charge in [-0.05, 0) is 0 Å². The second-order valence-electron chi connectivity index (χ2n) is 2.30. The summed E-state index contributed by atoms with van der Waals surface area (Å²) in [5.41, 5.74) is 5.50. The van der Waals surface area contributed by atoms with E-state index in [0.29, 0.717) is 0 Å². The van der Waals surface area contributed by atoms with Crippen molar-refractivity contribution in [1.29, 1.82) is 0 Å². The van der Waals surface area contributed by atoms with Crippen LogP contribution in [0.25, 0.3) is 0 Å². The molecular weight excluding hydrogens is 203 g/mol. The van der Waals surface area contributed by atoms with Crippen LogP contribution in [0.1, 0.15) is 6.42 Å². The second-order valence-corrected chi connectivity index (χ2v) is 10.1. The Balaban J connectivity index is 2.38. The van der Waals surface area contributed by atoms with E-state index >= 15 is 0 Å². The van der Waals surface area contributed by atoms with Crippen molar-refractivity contribution in [1.82, 2.24) is 0 Å². The topological polar surface area (TPSA) is 38.4 Å². The van der Waals surface area contributed by atoms with Crippen LogP contribution in [0.3, 0.4) is 0 Å². The maximum absolute atomic E-state index is 5.50. The standard InChI is InChI=1S/C4H8N2.CH3.In/c5-3-1-2-4-6;;/h1,4H,2-3,5H2;1H3;/q-1;;+1. The van der Waals surface area contributed by atoms with Gasteiger partial charge in [0.15, 0.2) is 0 Å². The molecule has 3 heteroatoms. The predicted molar refractivity (Wildman–Crippen MR) is 37.5 cm³/mol. The van der Waals surface area contributed by atoms with E-state index in [1.54, 1.807) is 0 Å². The number of nitrogens with zero attached hydrogens (tertiary/aromatic N) is 1. The number of hydrogen-bond acceptors (Lipinski definition) is 2. The van der Waals surface area contributed by atoms with Crippen molar-refractivity contribution in [2.24, 2.45) is 8.71 Å². The third-order valence-electron chi connectivity index (χ3n) is 1.73. The summed E-state index contributed by atoms with van der Waals surface area (Å²) in [6.45, 7) is 0.872. The van der Waals surface area contributed by atoms with Gasteiger partial charge >= 0.3 is 58.0 Å². The number of nitrogens with two attached hydrogens (primary N) is 1. The molecule has 1 rings (SSSR count). The SMILES string of the molecule is [CH3][In]1[N]=CC[CH]1CN. The molecule has 0 aromatic heterocycles. The fourth-order valence-corrected chi connectivity index (χ4v) is 5.56. The summed E-state index contributed by atoms with van der Waals surface area (Å²) in [6.07, 6.45) is 3.24. The molecule has 0 bridgehead atoms. The molecule has 2 N–H and O–H groups in total. The van der Waals surface area contributed by atoms with E-state index in [0.717, 1.165) is 10.2 Å². The molecule has 0 aromatic rings. The molecule has 2 nitrogen and oxygen atoms in total. The second kappa shape index (κ2) is 2.87. The summed E-state index contributed by atoms with van der Waals surface area (Å²) in [6, 6.07) is 0. The number of hydrogen-bond donors (Lipinski definition) is 1. The van der Waals surface area contributed by atoms with Gasteiger partial charge in [0.05, 0.1) is 0 Å². The molecule has 1 aliphatic heterocycles. The molecular formula is C5H11InN2. The van der Waals surface area contributed by atoms with Crippen LogP contribution in [-0.4, -0.2) is 34.5 Å². The Morgan fingerprint density at radius 3 is 3.00 bits per heavy atom. The van der Waals surface area contributed by atoms with Crippen molar-refractivity contribution in [2.45, 2.75) is 14.8 Å². The summed E-state index contributed by atoms with van der Waals surface area (Å²) < 4.78 is 7.55. The molecule has 8 heavy (non-hydrogen) atoms. The van der Waals surface area contributed by atoms with Gasteiger partial charge in [-0.15, -0.1) is 0 Å². The van der Waals surface area contributed by atoms with Gasteiger partial charge in [0.25, 0.3) is 0 Å². The van der Waals surface area contributed by atoms with E-state index in [1.807, 2.05) is 0 Å².